The maximum atomic E-state index is 8.06. The van der Waals surface area contributed by atoms with Gasteiger partial charge in [-0.05, 0) is 0 Å². The molecule has 0 fully saturated rings. The summed E-state index contributed by atoms with van der Waals surface area (Å²) in [5, 5.41) is 0. The van der Waals surface area contributed by atoms with Gasteiger partial charge < -0.3 is 4.46 Å². The molecular weight excluding hydrogens is 106 g/mol. The van der Waals surface area contributed by atoms with Gasteiger partial charge in [0.1, 0.15) is 0 Å². The third-order valence-corrected chi connectivity index (χ3v) is 0. The first kappa shape index (κ1) is 19.3. The second-order valence-electron chi connectivity index (χ2n) is 0. The van der Waals surface area contributed by atoms with Crippen LogP contribution < -0.4 is 0 Å². The molecule has 0 spiro atoms. The average Bonchev–Trinajstić information content (AvgIpc) is 1.00. The van der Waals surface area contributed by atoms with E-state index in [2.05, 4.69) is 0 Å². The zero-order chi connectivity index (χ0) is 2.00. The van der Waals surface area contributed by atoms with E-state index >= 15 is 0 Å². The van der Waals surface area contributed by atoms with Crippen LogP contribution in [0.2, 0.25) is 0 Å². The minimum Gasteiger partial charge on any atom is -0.381 e. The van der Waals surface area contributed by atoms with E-state index in [0.29, 0.717) is 0 Å². The first-order valence-electron chi connectivity index (χ1n) is 0.204. The SMILES string of the molecule is O=[Si].[Li].[Mn]. The molecule has 0 heterocycles. The van der Waals surface area contributed by atoms with Gasteiger partial charge in [-0.25, -0.2) is 0 Å². The van der Waals surface area contributed by atoms with Crippen molar-refractivity contribution in [3.8, 4) is 0 Å². The van der Waals surface area contributed by atoms with Crippen molar-refractivity contribution in [2.45, 2.75) is 0 Å². The van der Waals surface area contributed by atoms with Crippen LogP contribution in [0.15, 0.2) is 0 Å². The molecule has 1 nitrogen and oxygen atoms in total. The summed E-state index contributed by atoms with van der Waals surface area (Å²) in [6.07, 6.45) is 0. The normalized spacial score (nSPS) is 1.00. The Balaban J connectivity index is -0.00000000500. The Labute approximate surface area is 50.7 Å². The third kappa shape index (κ3) is 11.1. The van der Waals surface area contributed by atoms with Crippen molar-refractivity contribution in [2.75, 3.05) is 0 Å². The fraction of sp³-hybridized carbons (Fsp3) is 0. The molecule has 0 saturated heterocycles. The molecule has 0 atom stereocenters. The second-order valence-corrected chi connectivity index (χ2v) is 0. The minimum absolute atomic E-state index is 0. The number of hydrogen-bond acceptors (Lipinski definition) is 1. The molecule has 4 heteroatoms. The van der Waals surface area contributed by atoms with E-state index in [-0.39, 0.29) is 35.9 Å². The van der Waals surface area contributed by atoms with Gasteiger partial charge in [0.15, 0.2) is 0 Å². The van der Waals surface area contributed by atoms with Gasteiger partial charge in [0.2, 0.25) is 0 Å². The first-order chi connectivity index (χ1) is 1.00. The average molecular weight is 106 g/mol. The summed E-state index contributed by atoms with van der Waals surface area (Å²) in [7, 11) is 1.72. The van der Waals surface area contributed by atoms with Gasteiger partial charge in [-0.3, -0.25) is 0 Å². The fourth-order valence-electron chi connectivity index (χ4n) is 0. The van der Waals surface area contributed by atoms with E-state index in [1.165, 1.54) is 0 Å². The van der Waals surface area contributed by atoms with Crippen LogP contribution in [0.1, 0.15) is 0 Å². The van der Waals surface area contributed by atoms with Gasteiger partial charge in [0.05, 0.1) is 0 Å². The topological polar surface area (TPSA) is 17.1 Å². The Morgan fingerprint density at radius 3 is 1.25 bits per heavy atom. The molecule has 0 aromatic heterocycles. The Morgan fingerprint density at radius 2 is 1.25 bits per heavy atom. The van der Waals surface area contributed by atoms with E-state index in [4.69, 9.17) is 4.46 Å². The molecule has 0 saturated carbocycles. The van der Waals surface area contributed by atoms with Crippen LogP contribution in [0.25, 0.3) is 0 Å². The van der Waals surface area contributed by atoms with Crippen LogP contribution in [0.5, 0.6) is 0 Å². The van der Waals surface area contributed by atoms with Gasteiger partial charge in [0, 0.05) is 35.9 Å². The summed E-state index contributed by atoms with van der Waals surface area (Å²) in [6, 6.07) is 0. The van der Waals surface area contributed by atoms with Crippen LogP contribution in [-0.2, 0) is 21.5 Å². The summed E-state index contributed by atoms with van der Waals surface area (Å²) in [6.45, 7) is 0. The molecule has 0 aromatic carbocycles. The van der Waals surface area contributed by atoms with Crippen LogP contribution in [0.3, 0.4) is 0 Å². The predicted octanol–water partition coefficient (Wildman–Crippen LogP) is -0.883. The summed E-state index contributed by atoms with van der Waals surface area (Å²) >= 11 is 0. The molecule has 4 heavy (non-hydrogen) atoms. The van der Waals surface area contributed by atoms with E-state index in [9.17, 15) is 0 Å². The Morgan fingerprint density at radius 1 is 1.25 bits per heavy atom. The van der Waals surface area contributed by atoms with Crippen molar-refractivity contribution in [2.24, 2.45) is 0 Å². The van der Waals surface area contributed by atoms with Crippen LogP contribution in [-0.4, -0.2) is 29.0 Å². The van der Waals surface area contributed by atoms with Crippen molar-refractivity contribution >= 4 is 29.0 Å². The van der Waals surface area contributed by atoms with Crippen LogP contribution >= 0.6 is 0 Å². The Bertz CT molecular complexity index is 8.00. The largest absolute Gasteiger partial charge is 0.381 e. The molecule has 0 aliphatic rings. The fourth-order valence-corrected chi connectivity index (χ4v) is 0. The molecule has 0 aromatic rings. The number of hydrogen-bond donors (Lipinski definition) is 0. The van der Waals surface area contributed by atoms with Gasteiger partial charge in [-0.15, -0.1) is 0 Å². The third-order valence-electron chi connectivity index (χ3n) is 0. The van der Waals surface area contributed by atoms with Crippen molar-refractivity contribution < 1.29 is 21.5 Å². The zero-order valence-electron chi connectivity index (χ0n) is 2.29. The standard InChI is InChI=1S/Li.Mn.OSi/c;;1-2. The smallest absolute Gasteiger partial charge is 0.381 e. The molecule has 0 bridgehead atoms. The zero-order valence-corrected chi connectivity index (χ0v) is 4.47. The van der Waals surface area contributed by atoms with E-state index in [1.54, 1.807) is 10.1 Å². The quantitative estimate of drug-likeness (QED) is 0.366. The molecule has 0 rings (SSSR count). The van der Waals surface area contributed by atoms with Crippen LogP contribution in [0, 0.1) is 0 Å². The van der Waals surface area contributed by atoms with Gasteiger partial charge in [-0.2, -0.15) is 0 Å². The molecule has 4 radical (unpaired) electrons. The summed E-state index contributed by atoms with van der Waals surface area (Å²) < 4.78 is 8.06. The molecule has 0 amide bonds. The molecule has 18 valence electrons. The van der Waals surface area contributed by atoms with Crippen molar-refractivity contribution in [3.05, 3.63) is 0 Å². The monoisotopic (exact) mass is 106 g/mol. The number of rotatable bonds is 0. The van der Waals surface area contributed by atoms with E-state index < -0.39 is 0 Å². The molecule has 0 aliphatic carbocycles. The second kappa shape index (κ2) is 31.6. The molecule has 0 aliphatic heterocycles. The predicted molar refractivity (Wildman–Crippen MR) is 12.2 cm³/mol. The maximum Gasteiger partial charge on any atom is 0.381 e. The molecule has 0 unspecified atom stereocenters. The molecule has 0 N–H and O–H groups in total. The first-order valence-corrected chi connectivity index (χ1v) is 0.612. The van der Waals surface area contributed by atoms with Crippen molar-refractivity contribution in [3.63, 3.8) is 0 Å². The summed E-state index contributed by atoms with van der Waals surface area (Å²) in [5.41, 5.74) is 0. The summed E-state index contributed by atoms with van der Waals surface area (Å²) in [5.74, 6) is 0. The Kier molecular flexibility index (Phi) is 152. The van der Waals surface area contributed by atoms with Gasteiger partial charge in [0.25, 0.3) is 0 Å². The Hall–Kier alpha value is 1.13. The van der Waals surface area contributed by atoms with Gasteiger partial charge in [-0.1, -0.05) is 0 Å². The van der Waals surface area contributed by atoms with Gasteiger partial charge >= 0.3 is 10.1 Å². The van der Waals surface area contributed by atoms with Crippen molar-refractivity contribution in [1.29, 1.82) is 0 Å². The van der Waals surface area contributed by atoms with Crippen LogP contribution in [0.4, 0.5) is 0 Å². The molecular formula is LiMnOSi. The van der Waals surface area contributed by atoms with E-state index in [0.717, 1.165) is 0 Å². The summed E-state index contributed by atoms with van der Waals surface area (Å²) in [4.78, 5) is 0. The maximum absolute atomic E-state index is 8.06. The van der Waals surface area contributed by atoms with Crippen molar-refractivity contribution in [1.82, 2.24) is 0 Å². The van der Waals surface area contributed by atoms with E-state index in [1.807, 2.05) is 0 Å². The minimum atomic E-state index is 0.